The molecule has 0 bridgehead atoms. The molecule has 0 radical (unpaired) electrons. The van der Waals surface area contributed by atoms with Crippen molar-refractivity contribution >= 4 is 34.0 Å². The lowest BCUT2D eigenvalue weighted by atomic mass is 9.80. The molecule has 9 aromatic carbocycles. The van der Waals surface area contributed by atoms with Gasteiger partial charge in [-0.3, -0.25) is 0 Å². The fourth-order valence-electron chi connectivity index (χ4n) is 12.6. The molecule has 0 fully saturated rings. The molecule has 324 valence electrons. The first-order chi connectivity index (χ1) is 33.3. The lowest BCUT2D eigenvalue weighted by Gasteiger charge is -2.31. The van der Waals surface area contributed by atoms with E-state index in [4.69, 9.17) is 0 Å². The molecule has 2 nitrogen and oxygen atoms in total. The molecule has 0 saturated heterocycles. The van der Waals surface area contributed by atoms with E-state index in [0.717, 1.165) is 12.8 Å². The van der Waals surface area contributed by atoms with Crippen LogP contribution < -0.4 is 9.80 Å². The van der Waals surface area contributed by atoms with E-state index in [1.54, 1.807) is 0 Å². The van der Waals surface area contributed by atoms with Crippen LogP contribution in [0, 0.1) is 0 Å². The highest BCUT2D eigenvalue weighted by Gasteiger charge is 2.40. The maximum absolute atomic E-state index is 2.53. The summed E-state index contributed by atoms with van der Waals surface area (Å²) in [7, 11) is 0. The minimum Gasteiger partial charge on any atom is -0.310 e. The van der Waals surface area contributed by atoms with Gasteiger partial charge < -0.3 is 9.80 Å². The lowest BCUT2D eigenvalue weighted by molar-refractivity contribution is 0.659. The highest BCUT2D eigenvalue weighted by atomic mass is 15.2. The van der Waals surface area contributed by atoms with Gasteiger partial charge in [-0.1, -0.05) is 179 Å². The first kappa shape index (κ1) is 39.2. The third-order valence-corrected chi connectivity index (χ3v) is 16.0. The fraction of sp³-hybridized carbons (Fsp3) is 0.121. The third kappa shape index (κ3) is 5.46. The number of benzene rings is 9. The Balaban J connectivity index is 0.824. The van der Waals surface area contributed by atoms with E-state index in [1.807, 2.05) is 0 Å². The highest BCUT2D eigenvalue weighted by Crippen LogP contribution is 2.57. The predicted octanol–water partition coefficient (Wildman–Crippen LogP) is 18.0. The first-order valence-corrected chi connectivity index (χ1v) is 24.3. The Morgan fingerprint density at radius 2 is 0.662 bits per heavy atom. The SMILES string of the molecule is CC1(C)c2cc(-c3ccc4c(c3)C(C)(C)c3cc(N5c6ccccc6-c6ccccc6-c6ccccc65)ccc3-4)ccc2-c2ccc(N3C4=CCCC=C4c4ccccc4-c4ccccc43)cc21. The quantitative estimate of drug-likeness (QED) is 0.175. The Morgan fingerprint density at radius 1 is 0.309 bits per heavy atom. The summed E-state index contributed by atoms with van der Waals surface area (Å²) in [4.78, 5) is 5.01. The molecule has 0 spiro atoms. The fourth-order valence-corrected chi connectivity index (χ4v) is 12.6. The molecule has 0 N–H and O–H groups in total. The Bertz CT molecular complexity index is 3640. The summed E-state index contributed by atoms with van der Waals surface area (Å²) >= 11 is 0. The van der Waals surface area contributed by atoms with Crippen LogP contribution in [-0.2, 0) is 10.8 Å². The van der Waals surface area contributed by atoms with E-state index in [-0.39, 0.29) is 10.8 Å². The summed E-state index contributed by atoms with van der Waals surface area (Å²) in [6.45, 7) is 9.66. The van der Waals surface area contributed by atoms with Gasteiger partial charge in [-0.25, -0.2) is 0 Å². The molecule has 0 unspecified atom stereocenters. The van der Waals surface area contributed by atoms with Crippen LogP contribution in [0.15, 0.2) is 212 Å². The average Bonchev–Trinajstić information content (AvgIpc) is 3.61. The molecule has 2 aliphatic heterocycles. The highest BCUT2D eigenvalue weighted by molar-refractivity contribution is 6.04. The first-order valence-electron chi connectivity index (χ1n) is 24.3. The van der Waals surface area contributed by atoms with Gasteiger partial charge in [0.05, 0.1) is 17.1 Å². The molecule has 0 amide bonds. The van der Waals surface area contributed by atoms with Gasteiger partial charge in [0.25, 0.3) is 0 Å². The topological polar surface area (TPSA) is 6.48 Å². The summed E-state index contributed by atoms with van der Waals surface area (Å²) < 4.78 is 0. The van der Waals surface area contributed by atoms with Crippen molar-refractivity contribution in [2.45, 2.75) is 51.4 Å². The van der Waals surface area contributed by atoms with Gasteiger partial charge in [-0.2, -0.15) is 0 Å². The van der Waals surface area contributed by atoms with Crippen LogP contribution in [0.3, 0.4) is 0 Å². The largest absolute Gasteiger partial charge is 0.310 e. The normalized spacial score (nSPS) is 15.9. The van der Waals surface area contributed by atoms with E-state index in [2.05, 4.69) is 244 Å². The van der Waals surface area contributed by atoms with Crippen molar-refractivity contribution in [2.75, 3.05) is 9.80 Å². The minimum absolute atomic E-state index is 0.195. The second kappa shape index (κ2) is 14.3. The molecule has 0 aromatic heterocycles. The van der Waals surface area contributed by atoms with Gasteiger partial charge in [-0.15, -0.1) is 0 Å². The second-order valence-electron chi connectivity index (χ2n) is 20.3. The van der Waals surface area contributed by atoms with Gasteiger partial charge >= 0.3 is 0 Å². The van der Waals surface area contributed by atoms with Gasteiger partial charge in [0.1, 0.15) is 0 Å². The van der Waals surface area contributed by atoms with Crippen molar-refractivity contribution in [3.63, 3.8) is 0 Å². The lowest BCUT2D eigenvalue weighted by Crippen LogP contribution is -2.20. The standard InChI is InChI=1S/C66H50N2/c1-65(2)57-37-41(29-33-49(57)51-35-31-43(39-59(51)65)67-61-25-13-9-21-53(61)45-17-5-6-18-46(45)54-22-10-14-26-62(54)67)42-30-34-50-52-36-32-44(40-60(52)66(3,4)58(50)38-42)68-63-27-15-11-23-55(63)47-19-7-8-20-48(47)56-24-12-16-28-64(56)68/h5-11,13-15,17-40H,12,16H2,1-4H3. The number of hydrogen-bond acceptors (Lipinski definition) is 2. The summed E-state index contributed by atoms with van der Waals surface area (Å²) in [6.07, 6.45) is 7.00. The van der Waals surface area contributed by atoms with Gasteiger partial charge in [0.15, 0.2) is 0 Å². The second-order valence-corrected chi connectivity index (χ2v) is 20.3. The van der Waals surface area contributed by atoms with E-state index >= 15 is 0 Å². The van der Waals surface area contributed by atoms with Gasteiger partial charge in [-0.05, 0) is 145 Å². The molecule has 68 heavy (non-hydrogen) atoms. The summed E-state index contributed by atoms with van der Waals surface area (Å²) in [6, 6.07) is 73.3. The number of para-hydroxylation sites is 3. The number of hydrogen-bond donors (Lipinski definition) is 0. The monoisotopic (exact) mass is 870 g/mol. The summed E-state index contributed by atoms with van der Waals surface area (Å²) in [5, 5.41) is 0. The van der Waals surface area contributed by atoms with E-state index < -0.39 is 0 Å². The Kier molecular flexibility index (Phi) is 8.24. The van der Waals surface area contributed by atoms with Crippen molar-refractivity contribution in [2.24, 2.45) is 0 Å². The molecule has 9 aromatic rings. The van der Waals surface area contributed by atoms with Gasteiger partial charge in [0.2, 0.25) is 0 Å². The zero-order valence-electron chi connectivity index (χ0n) is 38.9. The molecular weight excluding hydrogens is 821 g/mol. The molecular formula is C66H50N2. The Morgan fingerprint density at radius 3 is 1.15 bits per heavy atom. The van der Waals surface area contributed by atoms with Crippen molar-refractivity contribution in [3.05, 3.63) is 240 Å². The minimum atomic E-state index is -0.205. The van der Waals surface area contributed by atoms with E-state index in [9.17, 15) is 0 Å². The number of anilines is 5. The number of nitrogens with zero attached hydrogens (tertiary/aromatic N) is 2. The number of rotatable bonds is 3. The Hall–Kier alpha value is -7.94. The van der Waals surface area contributed by atoms with E-state index in [0.29, 0.717) is 0 Å². The maximum atomic E-state index is 2.53. The van der Waals surface area contributed by atoms with Gasteiger partial charge in [0, 0.05) is 50.2 Å². The third-order valence-electron chi connectivity index (χ3n) is 16.0. The van der Waals surface area contributed by atoms with Crippen LogP contribution in [0.25, 0.3) is 72.3 Å². The molecule has 3 aliphatic carbocycles. The molecule has 0 atom stereocenters. The number of allylic oxidation sites excluding steroid dienone is 3. The zero-order valence-corrected chi connectivity index (χ0v) is 38.9. The predicted molar refractivity (Wildman–Crippen MR) is 285 cm³/mol. The van der Waals surface area contributed by atoms with Crippen molar-refractivity contribution in [1.82, 2.24) is 0 Å². The molecule has 0 saturated carbocycles. The summed E-state index contributed by atoms with van der Waals surface area (Å²) in [5.41, 5.74) is 30.5. The zero-order chi connectivity index (χ0) is 45.5. The van der Waals surface area contributed by atoms with Crippen molar-refractivity contribution in [3.8, 4) is 66.8 Å². The maximum Gasteiger partial charge on any atom is 0.0540 e. The summed E-state index contributed by atoms with van der Waals surface area (Å²) in [5.74, 6) is 0. The number of fused-ring (bicyclic) bond motifs is 16. The van der Waals surface area contributed by atoms with Crippen LogP contribution in [0.4, 0.5) is 28.4 Å². The molecule has 2 heteroatoms. The van der Waals surface area contributed by atoms with Crippen LogP contribution >= 0.6 is 0 Å². The van der Waals surface area contributed by atoms with Crippen LogP contribution in [0.5, 0.6) is 0 Å². The average molecular weight is 871 g/mol. The molecule has 5 aliphatic rings. The molecule has 14 rings (SSSR count). The van der Waals surface area contributed by atoms with Crippen molar-refractivity contribution in [1.29, 1.82) is 0 Å². The van der Waals surface area contributed by atoms with Crippen LogP contribution in [0.2, 0.25) is 0 Å². The Labute approximate surface area is 399 Å². The van der Waals surface area contributed by atoms with E-state index in [1.165, 1.54) is 134 Å². The van der Waals surface area contributed by atoms with Crippen LogP contribution in [0.1, 0.15) is 68.4 Å². The molecule has 2 heterocycles. The van der Waals surface area contributed by atoms with Crippen molar-refractivity contribution < 1.29 is 0 Å². The smallest absolute Gasteiger partial charge is 0.0540 e. The van der Waals surface area contributed by atoms with Crippen LogP contribution in [-0.4, -0.2) is 0 Å².